The number of carbonyl (C=O) groups is 2. The number of phenolic OH excluding ortho intramolecular Hbond substituents is 1. The highest BCUT2D eigenvalue weighted by Gasteiger charge is 2.40. The summed E-state index contributed by atoms with van der Waals surface area (Å²) in [6.07, 6.45) is -3.19. The van der Waals surface area contributed by atoms with Crippen molar-refractivity contribution >= 4 is 27.7 Å². The number of aliphatic hydroxyl groups is 1. The van der Waals surface area contributed by atoms with Gasteiger partial charge in [-0.2, -0.15) is 4.31 Å². The molecule has 234 valence electrons. The zero-order chi connectivity index (χ0) is 31.4. The minimum Gasteiger partial charge on any atom is -0.506 e. The van der Waals surface area contributed by atoms with Crippen LogP contribution in [0.3, 0.4) is 0 Å². The Morgan fingerprint density at radius 3 is 2.45 bits per heavy atom. The molecule has 3 aromatic rings. The number of hydrogen-bond donors (Lipinski definition) is 3. The third kappa shape index (κ3) is 6.90. The minimum absolute atomic E-state index is 0.00526. The Kier molecular flexibility index (Phi) is 9.28. The van der Waals surface area contributed by atoms with Crippen molar-refractivity contribution in [1.82, 2.24) is 9.62 Å². The maximum atomic E-state index is 13.8. The Labute approximate surface area is 255 Å². The predicted molar refractivity (Wildman–Crippen MR) is 160 cm³/mol. The first kappa shape index (κ1) is 31.1. The second kappa shape index (κ2) is 13.1. The van der Waals surface area contributed by atoms with Gasteiger partial charge in [0.05, 0.1) is 29.3 Å². The molecular formula is C31H35N3O9S. The molecule has 0 radical (unpaired) electrons. The van der Waals surface area contributed by atoms with Crippen LogP contribution in [0.15, 0.2) is 77.7 Å². The molecule has 2 aliphatic rings. The van der Waals surface area contributed by atoms with Crippen LogP contribution in [0.5, 0.6) is 17.2 Å². The van der Waals surface area contributed by atoms with Gasteiger partial charge in [0.25, 0.3) is 5.91 Å². The summed E-state index contributed by atoms with van der Waals surface area (Å²) in [4.78, 5) is 27.1. The largest absolute Gasteiger partial charge is 0.506 e. The first-order chi connectivity index (χ1) is 21.0. The molecule has 2 amide bonds. The van der Waals surface area contributed by atoms with Crippen molar-refractivity contribution in [1.29, 1.82) is 0 Å². The minimum atomic E-state index is -4.09. The zero-order valence-electron chi connectivity index (χ0n) is 24.3. The van der Waals surface area contributed by atoms with E-state index in [9.17, 15) is 28.2 Å². The second-order valence-electron chi connectivity index (χ2n) is 11.1. The monoisotopic (exact) mass is 625 g/mol. The number of hydrogen-bond acceptors (Lipinski definition) is 9. The van der Waals surface area contributed by atoms with Crippen LogP contribution in [0.2, 0.25) is 0 Å². The van der Waals surface area contributed by atoms with Gasteiger partial charge in [-0.05, 0) is 42.2 Å². The second-order valence-corrected chi connectivity index (χ2v) is 13.0. The number of nitrogens with zero attached hydrogens (tertiary/aromatic N) is 2. The molecule has 0 spiro atoms. The zero-order valence-corrected chi connectivity index (χ0v) is 25.1. The lowest BCUT2D eigenvalue weighted by atomic mass is 10.0. The van der Waals surface area contributed by atoms with Gasteiger partial charge >= 0.3 is 6.09 Å². The molecule has 2 heterocycles. The van der Waals surface area contributed by atoms with Gasteiger partial charge in [-0.1, -0.05) is 56.3 Å². The molecule has 44 heavy (non-hydrogen) atoms. The molecule has 0 aromatic heterocycles. The van der Waals surface area contributed by atoms with E-state index in [1.54, 1.807) is 12.1 Å². The maximum Gasteiger partial charge on any atom is 0.415 e. The topological polar surface area (TPSA) is 155 Å². The molecule has 12 nitrogen and oxygen atoms in total. The Hall–Kier alpha value is -4.33. The molecule has 13 heteroatoms. The summed E-state index contributed by atoms with van der Waals surface area (Å²) in [6.45, 7) is 3.35. The van der Waals surface area contributed by atoms with Crippen molar-refractivity contribution in [2.45, 2.75) is 43.4 Å². The van der Waals surface area contributed by atoms with Crippen LogP contribution in [0, 0.1) is 5.92 Å². The first-order valence-electron chi connectivity index (χ1n) is 14.2. The number of aromatic hydroxyl groups is 1. The van der Waals surface area contributed by atoms with Gasteiger partial charge in [0, 0.05) is 19.2 Å². The van der Waals surface area contributed by atoms with E-state index in [1.807, 2.05) is 44.2 Å². The molecule has 3 atom stereocenters. The Bertz CT molecular complexity index is 1600. The summed E-state index contributed by atoms with van der Waals surface area (Å²) < 4.78 is 44.8. The number of nitrogens with one attached hydrogen (secondary N) is 1. The van der Waals surface area contributed by atoms with E-state index in [1.165, 1.54) is 34.6 Å². The van der Waals surface area contributed by atoms with Gasteiger partial charge < -0.3 is 29.7 Å². The molecule has 0 aliphatic carbocycles. The Morgan fingerprint density at radius 1 is 1.02 bits per heavy atom. The maximum absolute atomic E-state index is 13.8. The summed E-state index contributed by atoms with van der Waals surface area (Å²) >= 11 is 0. The standard InChI is InChI=1S/C31H35N3O9S/c1-20(2)16-33(44(39,40)22-12-13-27-28(15-22)42-19-41-27)17-26(36)23(14-21-8-4-3-5-9-21)32-30(37)29-18-34(31(38)43-29)24-10-6-7-11-25(24)35/h3-13,15,20,23,26,29,35-36H,14,16-19H2,1-2H3,(H,32,37)/t23-,26+,29-/m0/s1. The number of benzene rings is 3. The van der Waals surface area contributed by atoms with Crippen LogP contribution >= 0.6 is 0 Å². The van der Waals surface area contributed by atoms with Crippen molar-refractivity contribution < 1.29 is 42.4 Å². The van der Waals surface area contributed by atoms with Crippen LogP contribution in [0.1, 0.15) is 19.4 Å². The summed E-state index contributed by atoms with van der Waals surface area (Å²) in [5, 5.41) is 24.5. The van der Waals surface area contributed by atoms with Crippen molar-refractivity contribution in [3.8, 4) is 17.2 Å². The van der Waals surface area contributed by atoms with E-state index < -0.39 is 40.3 Å². The highest BCUT2D eigenvalue weighted by molar-refractivity contribution is 7.89. The fourth-order valence-corrected chi connectivity index (χ4v) is 6.75. The molecule has 5 rings (SSSR count). The lowest BCUT2D eigenvalue weighted by Gasteiger charge is -2.31. The molecule has 1 saturated heterocycles. The van der Waals surface area contributed by atoms with Gasteiger partial charge in [0.15, 0.2) is 17.6 Å². The average molecular weight is 626 g/mol. The molecule has 0 bridgehead atoms. The van der Waals surface area contributed by atoms with Crippen LogP contribution in [-0.2, 0) is 26.0 Å². The van der Waals surface area contributed by atoms with Gasteiger partial charge in [0.1, 0.15) is 5.75 Å². The lowest BCUT2D eigenvalue weighted by molar-refractivity contribution is -0.129. The van der Waals surface area contributed by atoms with Gasteiger partial charge in [-0.3, -0.25) is 9.69 Å². The van der Waals surface area contributed by atoms with E-state index >= 15 is 0 Å². The molecular weight excluding hydrogens is 590 g/mol. The SMILES string of the molecule is CC(C)CN(C[C@@H](O)[C@H](Cc1ccccc1)NC(=O)[C@@H]1CN(c2ccccc2O)C(=O)O1)S(=O)(=O)c1ccc2c(c1)OCO2. The van der Waals surface area contributed by atoms with Crippen molar-refractivity contribution in [3.05, 3.63) is 78.4 Å². The molecule has 3 N–H and O–H groups in total. The number of aliphatic hydroxyl groups excluding tert-OH is 1. The van der Waals surface area contributed by atoms with Crippen LogP contribution in [0.25, 0.3) is 0 Å². The quantitative estimate of drug-likeness (QED) is 0.276. The van der Waals surface area contributed by atoms with Crippen molar-refractivity contribution in [2.75, 3.05) is 31.3 Å². The predicted octanol–water partition coefficient (Wildman–Crippen LogP) is 2.88. The number of para-hydroxylation sites is 2. The van der Waals surface area contributed by atoms with E-state index in [-0.39, 0.29) is 55.1 Å². The van der Waals surface area contributed by atoms with E-state index in [2.05, 4.69) is 5.32 Å². The highest BCUT2D eigenvalue weighted by Crippen LogP contribution is 2.35. The number of rotatable bonds is 12. The number of amides is 2. The molecule has 3 aromatic carbocycles. The molecule has 0 unspecified atom stereocenters. The molecule has 0 saturated carbocycles. The number of fused-ring (bicyclic) bond motifs is 1. The summed E-state index contributed by atoms with van der Waals surface area (Å²) in [7, 11) is -4.09. The molecule has 1 fully saturated rings. The average Bonchev–Trinajstić information content (AvgIpc) is 3.63. The fourth-order valence-electron chi connectivity index (χ4n) is 5.12. The number of phenols is 1. The smallest absolute Gasteiger partial charge is 0.415 e. The van der Waals surface area contributed by atoms with E-state index in [0.717, 1.165) is 10.5 Å². The summed E-state index contributed by atoms with van der Waals surface area (Å²) in [5.74, 6) is -0.124. The number of sulfonamides is 1. The highest BCUT2D eigenvalue weighted by atomic mass is 32.2. The van der Waals surface area contributed by atoms with Crippen LogP contribution in [0.4, 0.5) is 10.5 Å². The summed E-state index contributed by atoms with van der Waals surface area (Å²) in [6, 6.07) is 18.7. The normalized spacial score (nSPS) is 17.5. The van der Waals surface area contributed by atoms with Crippen LogP contribution < -0.4 is 19.7 Å². The number of ether oxygens (including phenoxy) is 3. The lowest BCUT2D eigenvalue weighted by Crippen LogP contribution is -2.53. The van der Waals surface area contributed by atoms with Crippen LogP contribution in [-0.4, -0.2) is 79.6 Å². The van der Waals surface area contributed by atoms with E-state index in [0.29, 0.717) is 11.5 Å². The van der Waals surface area contributed by atoms with E-state index in [4.69, 9.17) is 14.2 Å². The summed E-state index contributed by atoms with van der Waals surface area (Å²) in [5.41, 5.74) is 0.997. The van der Waals surface area contributed by atoms with Crippen molar-refractivity contribution in [2.24, 2.45) is 5.92 Å². The molecule has 2 aliphatic heterocycles. The number of carbonyl (C=O) groups excluding carboxylic acids is 2. The van der Waals surface area contributed by atoms with Gasteiger partial charge in [-0.25, -0.2) is 13.2 Å². The number of anilines is 1. The van der Waals surface area contributed by atoms with Crippen molar-refractivity contribution in [3.63, 3.8) is 0 Å². The fraction of sp³-hybridized carbons (Fsp3) is 0.355. The van der Waals surface area contributed by atoms with Gasteiger partial charge in [0.2, 0.25) is 16.8 Å². The Morgan fingerprint density at radius 2 is 1.73 bits per heavy atom. The Balaban J connectivity index is 1.36. The number of cyclic esters (lactones) is 1. The van der Waals surface area contributed by atoms with Gasteiger partial charge in [-0.15, -0.1) is 0 Å². The third-order valence-corrected chi connectivity index (χ3v) is 9.14. The first-order valence-corrected chi connectivity index (χ1v) is 15.6. The third-order valence-electron chi connectivity index (χ3n) is 7.31.